The van der Waals surface area contributed by atoms with E-state index >= 15 is 0 Å². The van der Waals surface area contributed by atoms with Crippen LogP contribution in [0.25, 0.3) is 11.3 Å². The van der Waals surface area contributed by atoms with E-state index in [1.165, 1.54) is 19.2 Å². The number of non-ortho nitro benzene ring substituents is 1. The minimum absolute atomic E-state index is 0.0550. The fraction of sp³-hybridized carbons (Fsp3) is 0.160. The molecule has 35 heavy (non-hydrogen) atoms. The largest absolute Gasteiger partial charge is 0.496 e. The van der Waals surface area contributed by atoms with Gasteiger partial charge in [0.05, 0.1) is 35.4 Å². The van der Waals surface area contributed by atoms with Crippen LogP contribution in [0.15, 0.2) is 83.7 Å². The van der Waals surface area contributed by atoms with Gasteiger partial charge in [-0.25, -0.2) is 0 Å². The molecule has 4 aromatic rings. The number of pyridine rings is 2. The Morgan fingerprint density at radius 2 is 2.06 bits per heavy atom. The van der Waals surface area contributed by atoms with E-state index in [4.69, 9.17) is 21.4 Å². The molecule has 1 fully saturated rings. The second-order valence-corrected chi connectivity index (χ2v) is 8.35. The number of furan rings is 1. The third kappa shape index (κ3) is 4.43. The summed E-state index contributed by atoms with van der Waals surface area (Å²) in [5, 5.41) is 15.2. The smallest absolute Gasteiger partial charge is 0.273 e. The number of ether oxygens (including phenoxy) is 1. The van der Waals surface area contributed by atoms with Gasteiger partial charge in [-0.05, 0) is 54.2 Å². The second-order valence-electron chi connectivity index (χ2n) is 7.96. The monoisotopic (exact) mass is 487 g/mol. The molecule has 0 unspecified atom stereocenters. The minimum atomic E-state index is -0.460. The van der Waals surface area contributed by atoms with Crippen molar-refractivity contribution in [3.05, 3.63) is 106 Å². The zero-order valence-corrected chi connectivity index (χ0v) is 19.5. The van der Waals surface area contributed by atoms with Crippen molar-refractivity contribution in [2.75, 3.05) is 7.11 Å². The summed E-state index contributed by atoms with van der Waals surface area (Å²) in [7, 11) is 1.47. The molecule has 1 aliphatic heterocycles. The summed E-state index contributed by atoms with van der Waals surface area (Å²) in [4.78, 5) is 21.5. The van der Waals surface area contributed by atoms with Crippen LogP contribution in [0.3, 0.4) is 0 Å². The van der Waals surface area contributed by atoms with E-state index in [9.17, 15) is 10.1 Å². The molecule has 3 aromatic heterocycles. The highest BCUT2D eigenvalue weighted by Gasteiger charge is 2.41. The lowest BCUT2D eigenvalue weighted by molar-refractivity contribution is -0.384. The Balaban J connectivity index is 1.54. The van der Waals surface area contributed by atoms with Crippen molar-refractivity contribution >= 4 is 23.0 Å². The first-order valence-electron chi connectivity index (χ1n) is 10.8. The number of methoxy groups -OCH3 is 1. The number of hydrogen-bond acceptors (Lipinski definition) is 7. The Hall–Kier alpha value is -4.31. The summed E-state index contributed by atoms with van der Waals surface area (Å²) in [5.74, 6) is 1.56. The quantitative estimate of drug-likeness (QED) is 0.223. The van der Waals surface area contributed by atoms with Crippen LogP contribution in [0.4, 0.5) is 5.69 Å². The predicted octanol–water partition coefficient (Wildman–Crippen LogP) is 4.83. The number of thiocarbonyl (C=S) groups is 1. The van der Waals surface area contributed by atoms with Gasteiger partial charge in [-0.15, -0.1) is 0 Å². The van der Waals surface area contributed by atoms with Crippen molar-refractivity contribution in [3.63, 3.8) is 0 Å². The van der Waals surface area contributed by atoms with E-state index in [1.807, 2.05) is 48.7 Å². The molecule has 176 valence electrons. The molecule has 0 aliphatic carbocycles. The van der Waals surface area contributed by atoms with Crippen LogP contribution in [0.1, 0.15) is 29.1 Å². The van der Waals surface area contributed by atoms with Gasteiger partial charge in [0.15, 0.2) is 5.11 Å². The molecule has 1 aromatic carbocycles. The molecule has 4 heterocycles. The van der Waals surface area contributed by atoms with Crippen molar-refractivity contribution in [2.24, 2.45) is 0 Å². The zero-order chi connectivity index (χ0) is 24.4. The highest BCUT2D eigenvalue weighted by molar-refractivity contribution is 7.80. The summed E-state index contributed by atoms with van der Waals surface area (Å²) in [6, 6.07) is 17.3. The fourth-order valence-corrected chi connectivity index (χ4v) is 4.53. The van der Waals surface area contributed by atoms with Crippen LogP contribution in [0, 0.1) is 10.1 Å². The normalized spacial score (nSPS) is 17.3. The number of hydrogen-bond donors (Lipinski definition) is 1. The van der Waals surface area contributed by atoms with Crippen LogP contribution in [-0.4, -0.2) is 32.0 Å². The van der Waals surface area contributed by atoms with E-state index in [0.717, 1.165) is 11.3 Å². The fourth-order valence-electron chi connectivity index (χ4n) is 4.23. The van der Waals surface area contributed by atoms with Crippen LogP contribution in [0.2, 0.25) is 0 Å². The number of nitro benzene ring substituents is 1. The van der Waals surface area contributed by atoms with Gasteiger partial charge in [0.2, 0.25) is 0 Å². The number of rotatable bonds is 7. The molecule has 1 saturated heterocycles. The third-order valence-corrected chi connectivity index (χ3v) is 6.21. The Morgan fingerprint density at radius 1 is 1.17 bits per heavy atom. The molecule has 1 aliphatic rings. The highest BCUT2D eigenvalue weighted by Crippen LogP contribution is 2.42. The van der Waals surface area contributed by atoms with Crippen molar-refractivity contribution in [1.29, 1.82) is 0 Å². The van der Waals surface area contributed by atoms with Crippen molar-refractivity contribution in [1.82, 2.24) is 20.2 Å². The van der Waals surface area contributed by atoms with E-state index in [-0.39, 0.29) is 17.8 Å². The third-order valence-electron chi connectivity index (χ3n) is 5.85. The van der Waals surface area contributed by atoms with Crippen LogP contribution >= 0.6 is 12.2 Å². The van der Waals surface area contributed by atoms with E-state index in [2.05, 4.69) is 20.2 Å². The van der Waals surface area contributed by atoms with Gasteiger partial charge in [0, 0.05) is 31.2 Å². The lowest BCUT2D eigenvalue weighted by Crippen LogP contribution is -2.29. The number of nitrogens with one attached hydrogen (secondary N) is 1. The van der Waals surface area contributed by atoms with Gasteiger partial charge in [0.25, 0.3) is 5.69 Å². The summed E-state index contributed by atoms with van der Waals surface area (Å²) in [6.07, 6.45) is 5.29. The van der Waals surface area contributed by atoms with Crippen LogP contribution in [0.5, 0.6) is 5.75 Å². The lowest BCUT2D eigenvalue weighted by atomic mass is 10.0. The first kappa shape index (κ1) is 22.5. The summed E-state index contributed by atoms with van der Waals surface area (Å²) >= 11 is 5.71. The Morgan fingerprint density at radius 3 is 2.77 bits per heavy atom. The Bertz CT molecular complexity index is 1360. The second kappa shape index (κ2) is 9.51. The highest BCUT2D eigenvalue weighted by atomic mass is 32.1. The van der Waals surface area contributed by atoms with Crippen LogP contribution < -0.4 is 10.1 Å². The Kier molecular flexibility index (Phi) is 6.11. The summed E-state index contributed by atoms with van der Waals surface area (Å²) in [6.45, 7) is 0.532. The van der Waals surface area contributed by atoms with Gasteiger partial charge in [-0.2, -0.15) is 0 Å². The molecule has 0 radical (unpaired) electrons. The molecule has 0 saturated carbocycles. The van der Waals surface area contributed by atoms with Gasteiger partial charge < -0.3 is 19.4 Å². The van der Waals surface area contributed by atoms with Crippen molar-refractivity contribution in [2.45, 2.75) is 18.6 Å². The average molecular weight is 488 g/mol. The molecule has 5 rings (SSSR count). The van der Waals surface area contributed by atoms with E-state index in [0.29, 0.717) is 34.5 Å². The van der Waals surface area contributed by atoms with Gasteiger partial charge in [-0.3, -0.25) is 20.1 Å². The lowest BCUT2D eigenvalue weighted by Gasteiger charge is -2.26. The molecule has 0 spiro atoms. The maximum absolute atomic E-state index is 11.2. The molecule has 0 amide bonds. The average Bonchev–Trinajstić information content (AvgIpc) is 3.49. The number of aromatic nitrogens is 2. The molecule has 2 atom stereocenters. The molecular formula is C25H21N5O4S. The molecule has 0 bridgehead atoms. The maximum atomic E-state index is 11.2. The summed E-state index contributed by atoms with van der Waals surface area (Å²) < 4.78 is 11.7. The van der Waals surface area contributed by atoms with E-state index < -0.39 is 4.92 Å². The van der Waals surface area contributed by atoms with Gasteiger partial charge >= 0.3 is 0 Å². The molecular weight excluding hydrogens is 466 g/mol. The van der Waals surface area contributed by atoms with Crippen LogP contribution in [-0.2, 0) is 6.54 Å². The summed E-state index contributed by atoms with van der Waals surface area (Å²) in [5.41, 5.74) is 2.40. The standard InChI is InChI=1S/C25H21N5O4S/c1-33-22-13-17(30(31)32)7-8-18(22)20-9-10-21(34-20)24-23(19-6-2-3-12-27-19)28-25(35)29(24)15-16-5-4-11-26-14-16/h2-14,23-24H,15H2,1H3,(H,28,35)/t23-,24+/m0/s1. The topological polar surface area (TPSA) is 107 Å². The van der Waals surface area contributed by atoms with Crippen molar-refractivity contribution < 1.29 is 14.1 Å². The first-order valence-corrected chi connectivity index (χ1v) is 11.3. The molecule has 1 N–H and O–H groups in total. The number of benzene rings is 1. The zero-order valence-electron chi connectivity index (χ0n) is 18.7. The first-order chi connectivity index (χ1) is 17.0. The Labute approximate surface area is 206 Å². The number of nitro groups is 1. The minimum Gasteiger partial charge on any atom is -0.496 e. The maximum Gasteiger partial charge on any atom is 0.273 e. The number of nitrogens with zero attached hydrogens (tertiary/aromatic N) is 4. The van der Waals surface area contributed by atoms with Gasteiger partial charge in [0.1, 0.15) is 23.3 Å². The predicted molar refractivity (Wildman–Crippen MR) is 133 cm³/mol. The molecule has 9 nitrogen and oxygen atoms in total. The van der Waals surface area contributed by atoms with Gasteiger partial charge in [-0.1, -0.05) is 12.1 Å². The SMILES string of the molecule is COc1cc([N+](=O)[O-])ccc1-c1ccc([C@@H]2[C@H](c3ccccn3)NC(=S)N2Cc2cccnc2)o1. The van der Waals surface area contributed by atoms with E-state index in [1.54, 1.807) is 18.5 Å². The van der Waals surface area contributed by atoms with Crippen molar-refractivity contribution in [3.8, 4) is 17.1 Å². The molecule has 10 heteroatoms.